The smallest absolute Gasteiger partial charge is 0.335 e. The second kappa shape index (κ2) is 8.80. The number of hydrogen-bond acceptors (Lipinski definition) is 4. The SMILES string of the molecule is CC(C)c1ccc(-c2nc(CC(=O)NCc3ccc(C(=O)O)cc3)cs2)cc1. The average molecular weight is 394 g/mol. The molecular weight excluding hydrogens is 372 g/mol. The number of carboxylic acid groups (broad SMARTS) is 1. The molecule has 0 saturated heterocycles. The van der Waals surface area contributed by atoms with Crippen LogP contribution in [0.15, 0.2) is 53.9 Å². The van der Waals surface area contributed by atoms with Gasteiger partial charge in [-0.2, -0.15) is 0 Å². The van der Waals surface area contributed by atoms with Crippen LogP contribution in [-0.4, -0.2) is 22.0 Å². The Morgan fingerprint density at radius 1 is 1.07 bits per heavy atom. The standard InChI is InChI=1S/C22H22N2O3S/c1-14(2)16-7-9-17(10-8-16)21-24-19(13-28-21)11-20(25)23-12-15-3-5-18(6-4-15)22(26)27/h3-10,13-14H,11-12H2,1-2H3,(H,23,25)(H,26,27). The minimum Gasteiger partial charge on any atom is -0.478 e. The number of nitrogens with zero attached hydrogens (tertiary/aromatic N) is 1. The van der Waals surface area contributed by atoms with E-state index in [-0.39, 0.29) is 17.9 Å². The van der Waals surface area contributed by atoms with Gasteiger partial charge in [0.05, 0.1) is 17.7 Å². The van der Waals surface area contributed by atoms with E-state index in [4.69, 9.17) is 5.11 Å². The molecule has 0 aliphatic heterocycles. The predicted molar refractivity (Wildman–Crippen MR) is 111 cm³/mol. The molecule has 1 amide bonds. The van der Waals surface area contributed by atoms with Gasteiger partial charge >= 0.3 is 5.97 Å². The maximum Gasteiger partial charge on any atom is 0.335 e. The number of carboxylic acids is 1. The molecule has 0 aliphatic carbocycles. The fraction of sp³-hybridized carbons (Fsp3) is 0.227. The molecule has 28 heavy (non-hydrogen) atoms. The van der Waals surface area contributed by atoms with Crippen molar-refractivity contribution in [2.24, 2.45) is 0 Å². The summed E-state index contributed by atoms with van der Waals surface area (Å²) in [7, 11) is 0. The van der Waals surface area contributed by atoms with Crippen LogP contribution in [0.25, 0.3) is 10.6 Å². The minimum atomic E-state index is -0.964. The Hall–Kier alpha value is -2.99. The molecule has 0 bridgehead atoms. The number of nitrogens with one attached hydrogen (secondary N) is 1. The van der Waals surface area contributed by atoms with Gasteiger partial charge in [0.15, 0.2) is 0 Å². The van der Waals surface area contributed by atoms with Crippen LogP contribution in [-0.2, 0) is 17.8 Å². The first-order chi connectivity index (χ1) is 13.4. The van der Waals surface area contributed by atoms with Crippen molar-refractivity contribution in [3.05, 3.63) is 76.3 Å². The molecule has 0 spiro atoms. The van der Waals surface area contributed by atoms with Crippen molar-refractivity contribution in [2.45, 2.75) is 32.7 Å². The molecule has 2 aromatic carbocycles. The summed E-state index contributed by atoms with van der Waals surface area (Å²) in [6.07, 6.45) is 0.216. The molecule has 0 radical (unpaired) electrons. The Bertz CT molecular complexity index is 960. The Morgan fingerprint density at radius 3 is 2.36 bits per heavy atom. The molecule has 6 heteroatoms. The number of amides is 1. The van der Waals surface area contributed by atoms with Gasteiger partial charge in [-0.15, -0.1) is 11.3 Å². The van der Waals surface area contributed by atoms with E-state index in [1.165, 1.54) is 29.0 Å². The number of aromatic nitrogens is 1. The lowest BCUT2D eigenvalue weighted by molar-refractivity contribution is -0.120. The largest absolute Gasteiger partial charge is 0.478 e. The lowest BCUT2D eigenvalue weighted by atomic mass is 10.0. The van der Waals surface area contributed by atoms with E-state index in [0.29, 0.717) is 12.5 Å². The van der Waals surface area contributed by atoms with E-state index < -0.39 is 5.97 Å². The monoisotopic (exact) mass is 394 g/mol. The topological polar surface area (TPSA) is 79.3 Å². The van der Waals surface area contributed by atoms with Crippen molar-refractivity contribution in [3.63, 3.8) is 0 Å². The zero-order valence-corrected chi connectivity index (χ0v) is 16.6. The number of rotatable bonds is 7. The molecule has 144 valence electrons. The molecule has 0 aliphatic rings. The summed E-state index contributed by atoms with van der Waals surface area (Å²) < 4.78 is 0. The fourth-order valence-electron chi connectivity index (χ4n) is 2.72. The summed E-state index contributed by atoms with van der Waals surface area (Å²) in [6.45, 7) is 4.68. The van der Waals surface area contributed by atoms with E-state index in [0.717, 1.165) is 21.8 Å². The van der Waals surface area contributed by atoms with Crippen molar-refractivity contribution in [1.29, 1.82) is 0 Å². The van der Waals surface area contributed by atoms with Crippen LogP contribution in [0, 0.1) is 0 Å². The third kappa shape index (κ3) is 5.04. The normalized spacial score (nSPS) is 10.8. The highest BCUT2D eigenvalue weighted by Crippen LogP contribution is 2.26. The number of aromatic carboxylic acids is 1. The van der Waals surface area contributed by atoms with Gasteiger partial charge in [0.1, 0.15) is 5.01 Å². The van der Waals surface area contributed by atoms with Gasteiger partial charge < -0.3 is 10.4 Å². The maximum absolute atomic E-state index is 12.2. The fourth-order valence-corrected chi connectivity index (χ4v) is 3.55. The zero-order chi connectivity index (χ0) is 20.1. The number of carbonyl (C=O) groups excluding carboxylic acids is 1. The quantitative estimate of drug-likeness (QED) is 0.619. The van der Waals surface area contributed by atoms with Crippen molar-refractivity contribution >= 4 is 23.2 Å². The lowest BCUT2D eigenvalue weighted by Gasteiger charge is -2.05. The molecule has 3 aromatic rings. The van der Waals surface area contributed by atoms with Gasteiger partial charge in [-0.1, -0.05) is 50.2 Å². The summed E-state index contributed by atoms with van der Waals surface area (Å²) in [5, 5.41) is 14.6. The minimum absolute atomic E-state index is 0.116. The molecule has 0 fully saturated rings. The molecule has 1 heterocycles. The van der Waals surface area contributed by atoms with E-state index in [1.807, 2.05) is 5.38 Å². The molecule has 0 saturated carbocycles. The number of carbonyl (C=O) groups is 2. The van der Waals surface area contributed by atoms with Gasteiger partial charge in [0.25, 0.3) is 0 Å². The summed E-state index contributed by atoms with van der Waals surface area (Å²) in [5.41, 5.74) is 4.16. The average Bonchev–Trinajstić information content (AvgIpc) is 3.15. The molecule has 3 rings (SSSR count). The van der Waals surface area contributed by atoms with Crippen LogP contribution >= 0.6 is 11.3 Å². The van der Waals surface area contributed by atoms with Crippen LogP contribution < -0.4 is 5.32 Å². The summed E-state index contributed by atoms with van der Waals surface area (Å²) >= 11 is 1.53. The first-order valence-corrected chi connectivity index (χ1v) is 9.94. The van der Waals surface area contributed by atoms with E-state index in [9.17, 15) is 9.59 Å². The van der Waals surface area contributed by atoms with Crippen LogP contribution in [0.1, 0.15) is 46.9 Å². The summed E-state index contributed by atoms with van der Waals surface area (Å²) in [4.78, 5) is 27.6. The summed E-state index contributed by atoms with van der Waals surface area (Å²) in [6, 6.07) is 14.8. The van der Waals surface area contributed by atoms with Crippen molar-refractivity contribution < 1.29 is 14.7 Å². The second-order valence-electron chi connectivity index (χ2n) is 6.88. The third-order valence-corrected chi connectivity index (χ3v) is 5.35. The van der Waals surface area contributed by atoms with Gasteiger partial charge in [-0.05, 0) is 29.2 Å². The Balaban J connectivity index is 1.55. The van der Waals surface area contributed by atoms with Gasteiger partial charge in [0.2, 0.25) is 5.91 Å². The van der Waals surface area contributed by atoms with Gasteiger partial charge in [-0.3, -0.25) is 4.79 Å². The predicted octanol–water partition coefficient (Wildman–Crippen LogP) is 4.49. The van der Waals surface area contributed by atoms with Crippen LogP contribution in [0.4, 0.5) is 0 Å². The number of benzene rings is 2. The molecular formula is C22H22N2O3S. The van der Waals surface area contributed by atoms with Crippen molar-refractivity contribution in [2.75, 3.05) is 0 Å². The van der Waals surface area contributed by atoms with Gasteiger partial charge in [-0.25, -0.2) is 9.78 Å². The maximum atomic E-state index is 12.2. The van der Waals surface area contributed by atoms with Crippen LogP contribution in [0.2, 0.25) is 0 Å². The van der Waals surface area contributed by atoms with Gasteiger partial charge in [0, 0.05) is 17.5 Å². The highest BCUT2D eigenvalue weighted by Gasteiger charge is 2.10. The lowest BCUT2D eigenvalue weighted by Crippen LogP contribution is -2.24. The molecule has 0 atom stereocenters. The van der Waals surface area contributed by atoms with Crippen molar-refractivity contribution in [3.8, 4) is 10.6 Å². The van der Waals surface area contributed by atoms with Crippen LogP contribution in [0.3, 0.4) is 0 Å². The highest BCUT2D eigenvalue weighted by molar-refractivity contribution is 7.13. The number of hydrogen-bond donors (Lipinski definition) is 2. The first kappa shape index (κ1) is 19.8. The molecule has 0 unspecified atom stereocenters. The van der Waals surface area contributed by atoms with E-state index in [2.05, 4.69) is 48.4 Å². The Labute approximate surface area is 168 Å². The zero-order valence-electron chi connectivity index (χ0n) is 15.8. The molecule has 5 nitrogen and oxygen atoms in total. The summed E-state index contributed by atoms with van der Waals surface area (Å²) in [5.74, 6) is -0.590. The first-order valence-electron chi connectivity index (χ1n) is 9.06. The van der Waals surface area contributed by atoms with E-state index in [1.54, 1.807) is 12.1 Å². The Kier molecular flexibility index (Phi) is 6.21. The second-order valence-corrected chi connectivity index (χ2v) is 7.73. The number of thiazole rings is 1. The third-order valence-electron chi connectivity index (χ3n) is 4.41. The molecule has 2 N–H and O–H groups in total. The highest BCUT2D eigenvalue weighted by atomic mass is 32.1. The Morgan fingerprint density at radius 2 is 1.75 bits per heavy atom. The molecule has 1 aromatic heterocycles. The van der Waals surface area contributed by atoms with Crippen LogP contribution in [0.5, 0.6) is 0 Å². The van der Waals surface area contributed by atoms with Crippen molar-refractivity contribution in [1.82, 2.24) is 10.3 Å². The van der Waals surface area contributed by atoms with E-state index >= 15 is 0 Å².